The molecular weight excluding hydrogens is 290 g/mol. The minimum atomic E-state index is -0.0581. The molecule has 0 aromatic heterocycles. The molecule has 2 aliphatic carbocycles. The maximum absolute atomic E-state index is 12.4. The molecule has 3 N–H and O–H groups in total. The van der Waals surface area contributed by atoms with E-state index in [-0.39, 0.29) is 29.9 Å². The Morgan fingerprint density at radius 2 is 1.78 bits per heavy atom. The van der Waals surface area contributed by atoms with E-state index in [0.29, 0.717) is 0 Å². The number of carbonyl (C=O) groups is 2. The van der Waals surface area contributed by atoms with Gasteiger partial charge >= 0.3 is 0 Å². The predicted octanol–water partition coefficient (Wildman–Crippen LogP) is 1.56. The number of nitrogens with one attached hydrogen (secondary N) is 3. The lowest BCUT2D eigenvalue weighted by molar-refractivity contribution is -0.125. The summed E-state index contributed by atoms with van der Waals surface area (Å²) in [6, 6.07) is 0.0332. The van der Waals surface area contributed by atoms with Crippen molar-refractivity contribution >= 4 is 11.8 Å². The van der Waals surface area contributed by atoms with E-state index in [2.05, 4.69) is 16.0 Å². The average Bonchev–Trinajstić information content (AvgIpc) is 3.12. The van der Waals surface area contributed by atoms with Crippen LogP contribution in [-0.2, 0) is 9.59 Å². The Hall–Kier alpha value is -1.62. The van der Waals surface area contributed by atoms with Gasteiger partial charge in [0.1, 0.15) is 0 Å². The lowest BCUT2D eigenvalue weighted by atomic mass is 9.89. The van der Waals surface area contributed by atoms with E-state index in [4.69, 9.17) is 0 Å². The molecule has 1 saturated heterocycles. The summed E-state index contributed by atoms with van der Waals surface area (Å²) >= 11 is 0. The van der Waals surface area contributed by atoms with Gasteiger partial charge in [0, 0.05) is 17.7 Å². The molecule has 0 aromatic carbocycles. The van der Waals surface area contributed by atoms with Crippen molar-refractivity contribution in [1.82, 2.24) is 16.0 Å². The van der Waals surface area contributed by atoms with Gasteiger partial charge in [-0.25, -0.2) is 0 Å². The largest absolute Gasteiger partial charge is 0.350 e. The molecule has 0 bridgehead atoms. The summed E-state index contributed by atoms with van der Waals surface area (Å²) in [5.41, 5.74) is 0.754. The molecule has 0 radical (unpaired) electrons. The first-order valence-corrected chi connectivity index (χ1v) is 8.95. The van der Waals surface area contributed by atoms with Crippen LogP contribution >= 0.6 is 0 Å². The Bertz CT molecular complexity index is 506. The highest BCUT2D eigenvalue weighted by Crippen LogP contribution is 2.20. The summed E-state index contributed by atoms with van der Waals surface area (Å²) in [6.07, 6.45) is 13.9. The number of amides is 2. The zero-order valence-electron chi connectivity index (χ0n) is 13.6. The normalized spacial score (nSPS) is 30.6. The van der Waals surface area contributed by atoms with E-state index in [1.54, 1.807) is 0 Å². The zero-order valence-corrected chi connectivity index (χ0v) is 13.6. The summed E-state index contributed by atoms with van der Waals surface area (Å²) in [7, 11) is 0. The molecule has 5 heteroatoms. The van der Waals surface area contributed by atoms with Crippen LogP contribution in [0.4, 0.5) is 0 Å². The smallest absolute Gasteiger partial charge is 0.251 e. The van der Waals surface area contributed by atoms with Crippen molar-refractivity contribution in [1.29, 1.82) is 0 Å². The third-order valence-corrected chi connectivity index (χ3v) is 5.04. The second kappa shape index (κ2) is 7.77. The molecule has 3 atom stereocenters. The summed E-state index contributed by atoms with van der Waals surface area (Å²) in [5, 5.41) is 9.54. The molecule has 1 aliphatic heterocycles. The molecule has 3 rings (SSSR count). The molecule has 1 saturated carbocycles. The first kappa shape index (κ1) is 16.2. The van der Waals surface area contributed by atoms with Crippen LogP contribution in [0, 0.1) is 0 Å². The van der Waals surface area contributed by atoms with Crippen LogP contribution in [0.3, 0.4) is 0 Å². The highest BCUT2D eigenvalue weighted by atomic mass is 16.2. The van der Waals surface area contributed by atoms with Crippen molar-refractivity contribution in [2.75, 3.05) is 6.54 Å². The fraction of sp³-hybridized carbons (Fsp3) is 0.667. The van der Waals surface area contributed by atoms with E-state index < -0.39 is 0 Å². The number of carbonyl (C=O) groups excluding carboxylic acids is 2. The van der Waals surface area contributed by atoms with Gasteiger partial charge in [-0.15, -0.1) is 0 Å². The summed E-state index contributed by atoms with van der Waals surface area (Å²) < 4.78 is 0. The van der Waals surface area contributed by atoms with Gasteiger partial charge in [-0.2, -0.15) is 0 Å². The molecular formula is C18H27N3O2. The number of rotatable bonds is 4. The van der Waals surface area contributed by atoms with Gasteiger partial charge in [-0.05, 0) is 45.1 Å². The fourth-order valence-corrected chi connectivity index (χ4v) is 3.70. The molecule has 0 aromatic rings. The monoisotopic (exact) mass is 317 g/mol. The van der Waals surface area contributed by atoms with Gasteiger partial charge in [0.15, 0.2) is 0 Å². The van der Waals surface area contributed by atoms with Crippen LogP contribution in [0.25, 0.3) is 0 Å². The predicted molar refractivity (Wildman–Crippen MR) is 89.8 cm³/mol. The Morgan fingerprint density at radius 1 is 1.00 bits per heavy atom. The highest BCUT2D eigenvalue weighted by Gasteiger charge is 2.31. The van der Waals surface area contributed by atoms with Gasteiger partial charge in [-0.3, -0.25) is 9.59 Å². The maximum Gasteiger partial charge on any atom is 0.251 e. The topological polar surface area (TPSA) is 70.2 Å². The van der Waals surface area contributed by atoms with Gasteiger partial charge in [0.25, 0.3) is 5.91 Å². The Balaban J connectivity index is 1.57. The van der Waals surface area contributed by atoms with Crippen molar-refractivity contribution in [3.8, 4) is 0 Å². The fourth-order valence-electron chi connectivity index (χ4n) is 3.70. The van der Waals surface area contributed by atoms with Crippen LogP contribution < -0.4 is 16.0 Å². The summed E-state index contributed by atoms with van der Waals surface area (Å²) in [5.74, 6) is 0.0801. The number of hydrogen-bond acceptors (Lipinski definition) is 3. The summed E-state index contributed by atoms with van der Waals surface area (Å²) in [6.45, 7) is 0.920. The zero-order chi connectivity index (χ0) is 16.1. The minimum absolute atomic E-state index is 0.00825. The summed E-state index contributed by atoms with van der Waals surface area (Å²) in [4.78, 5) is 24.7. The van der Waals surface area contributed by atoms with E-state index in [1.165, 1.54) is 0 Å². The van der Waals surface area contributed by atoms with Gasteiger partial charge < -0.3 is 16.0 Å². The Kier molecular flexibility index (Phi) is 5.49. The maximum atomic E-state index is 12.4. The lowest BCUT2D eigenvalue weighted by Crippen LogP contribution is -2.56. The molecule has 2 fully saturated rings. The lowest BCUT2D eigenvalue weighted by Gasteiger charge is -2.33. The van der Waals surface area contributed by atoms with Crippen LogP contribution in [-0.4, -0.2) is 36.5 Å². The molecule has 3 aliphatic rings. The molecule has 5 nitrogen and oxygen atoms in total. The SMILES string of the molecule is O=C(N[C@@H]1CCCC[C@H]1NC(=O)[C@@H]1CCCN1)C1=CCCC=C1. The Morgan fingerprint density at radius 3 is 2.43 bits per heavy atom. The van der Waals surface area contributed by atoms with Crippen LogP contribution in [0.5, 0.6) is 0 Å². The van der Waals surface area contributed by atoms with Gasteiger partial charge in [-0.1, -0.05) is 31.1 Å². The quantitative estimate of drug-likeness (QED) is 0.737. The van der Waals surface area contributed by atoms with Crippen LogP contribution in [0.15, 0.2) is 23.8 Å². The molecule has 23 heavy (non-hydrogen) atoms. The van der Waals surface area contributed by atoms with Crippen molar-refractivity contribution < 1.29 is 9.59 Å². The van der Waals surface area contributed by atoms with Crippen molar-refractivity contribution in [2.45, 2.75) is 69.5 Å². The molecule has 0 unspecified atom stereocenters. The molecule has 126 valence electrons. The van der Waals surface area contributed by atoms with E-state index in [1.807, 2.05) is 18.2 Å². The standard InChI is InChI=1S/C18H27N3O2/c22-17(13-7-2-1-3-8-13)20-14-9-4-5-10-15(14)21-18(23)16-11-6-12-19-16/h2,7-8,14-16,19H,1,3-6,9-12H2,(H,20,22)(H,21,23)/t14-,15-,16+/m1/s1. The van der Waals surface area contributed by atoms with E-state index in [0.717, 1.165) is 63.5 Å². The number of allylic oxidation sites excluding steroid dienone is 2. The van der Waals surface area contributed by atoms with Gasteiger partial charge in [0.2, 0.25) is 5.91 Å². The number of hydrogen-bond donors (Lipinski definition) is 3. The average molecular weight is 317 g/mol. The Labute approximate surface area is 138 Å². The first-order chi connectivity index (χ1) is 11.2. The third-order valence-electron chi connectivity index (χ3n) is 5.04. The first-order valence-electron chi connectivity index (χ1n) is 8.95. The van der Waals surface area contributed by atoms with E-state index >= 15 is 0 Å². The van der Waals surface area contributed by atoms with Crippen molar-refractivity contribution in [3.63, 3.8) is 0 Å². The molecule has 2 amide bonds. The van der Waals surface area contributed by atoms with Gasteiger partial charge in [0.05, 0.1) is 6.04 Å². The van der Waals surface area contributed by atoms with Crippen molar-refractivity contribution in [3.05, 3.63) is 23.8 Å². The van der Waals surface area contributed by atoms with Crippen LogP contribution in [0.2, 0.25) is 0 Å². The second-order valence-corrected chi connectivity index (χ2v) is 6.77. The highest BCUT2D eigenvalue weighted by molar-refractivity contribution is 5.96. The van der Waals surface area contributed by atoms with Crippen molar-refractivity contribution in [2.24, 2.45) is 0 Å². The second-order valence-electron chi connectivity index (χ2n) is 6.77. The van der Waals surface area contributed by atoms with E-state index in [9.17, 15) is 9.59 Å². The third kappa shape index (κ3) is 4.22. The van der Waals surface area contributed by atoms with Crippen LogP contribution in [0.1, 0.15) is 51.4 Å². The minimum Gasteiger partial charge on any atom is -0.350 e. The molecule has 0 spiro atoms. The molecule has 1 heterocycles.